The zero-order valence-electron chi connectivity index (χ0n) is 12.2. The fraction of sp³-hybridized carbons (Fsp3) is 0.375. The molecule has 1 aromatic carbocycles. The minimum atomic E-state index is -0.966. The Bertz CT molecular complexity index is 621. The van der Waals surface area contributed by atoms with Gasteiger partial charge >= 0.3 is 5.97 Å². The van der Waals surface area contributed by atoms with Crippen LogP contribution in [-0.2, 0) is 11.8 Å². The largest absolute Gasteiger partial charge is 0.476 e. The van der Waals surface area contributed by atoms with Gasteiger partial charge in [0.2, 0.25) is 0 Å². The van der Waals surface area contributed by atoms with Gasteiger partial charge in [-0.15, -0.1) is 11.3 Å². The summed E-state index contributed by atoms with van der Waals surface area (Å²) in [5, 5.41) is 10.2. The van der Waals surface area contributed by atoms with Crippen molar-refractivity contribution in [2.75, 3.05) is 0 Å². The number of nitrogens with zero attached hydrogens (tertiary/aromatic N) is 1. The highest BCUT2D eigenvalue weighted by atomic mass is 32.1. The number of thiazole rings is 1. The van der Waals surface area contributed by atoms with Crippen molar-refractivity contribution in [3.63, 3.8) is 0 Å². The molecule has 2 rings (SSSR count). The molecule has 1 N–H and O–H groups in total. The van der Waals surface area contributed by atoms with Crippen LogP contribution in [0.15, 0.2) is 24.3 Å². The van der Waals surface area contributed by atoms with Gasteiger partial charge in [-0.25, -0.2) is 9.78 Å². The number of carbonyl (C=O) groups is 1. The lowest BCUT2D eigenvalue weighted by molar-refractivity contribution is 0.0692. The highest BCUT2D eigenvalue weighted by Gasteiger charge is 2.25. The van der Waals surface area contributed by atoms with Gasteiger partial charge in [-0.2, -0.15) is 0 Å². The first-order valence-corrected chi connectivity index (χ1v) is 7.48. The summed E-state index contributed by atoms with van der Waals surface area (Å²) in [7, 11) is 0. The third-order valence-corrected chi connectivity index (χ3v) is 4.63. The Morgan fingerprint density at radius 1 is 1.25 bits per heavy atom. The highest BCUT2D eigenvalue weighted by Crippen LogP contribution is 2.36. The second-order valence-corrected chi connectivity index (χ2v) is 6.80. The van der Waals surface area contributed by atoms with Crippen molar-refractivity contribution >= 4 is 17.3 Å². The Balaban J connectivity index is 2.53. The molecule has 0 bridgehead atoms. The molecular weight excluding hydrogens is 270 g/mol. The number of hydrogen-bond acceptors (Lipinski definition) is 3. The van der Waals surface area contributed by atoms with Crippen molar-refractivity contribution < 1.29 is 9.90 Å². The van der Waals surface area contributed by atoms with E-state index in [1.807, 2.05) is 45.0 Å². The molecule has 0 saturated carbocycles. The van der Waals surface area contributed by atoms with Crippen LogP contribution in [0.2, 0.25) is 0 Å². The zero-order chi connectivity index (χ0) is 14.9. The monoisotopic (exact) mass is 289 g/mol. The third kappa shape index (κ3) is 2.90. The molecule has 0 aliphatic carbocycles. The van der Waals surface area contributed by atoms with Crippen LogP contribution in [0.25, 0.3) is 10.4 Å². The molecule has 0 atom stereocenters. The number of aromatic carboxylic acids is 1. The van der Waals surface area contributed by atoms with Crippen molar-refractivity contribution in [2.45, 2.75) is 39.5 Å². The predicted molar refractivity (Wildman–Crippen MR) is 82.6 cm³/mol. The number of aryl methyl sites for hydroxylation is 1. The van der Waals surface area contributed by atoms with Crippen LogP contribution >= 0.6 is 11.3 Å². The van der Waals surface area contributed by atoms with Gasteiger partial charge in [0.15, 0.2) is 5.69 Å². The van der Waals surface area contributed by atoms with E-state index in [9.17, 15) is 9.90 Å². The maximum Gasteiger partial charge on any atom is 0.356 e. The van der Waals surface area contributed by atoms with E-state index in [2.05, 4.69) is 11.9 Å². The summed E-state index contributed by atoms with van der Waals surface area (Å²) in [6.07, 6.45) is 0.974. The Morgan fingerprint density at radius 3 is 2.30 bits per heavy atom. The summed E-state index contributed by atoms with van der Waals surface area (Å²) < 4.78 is 0. The van der Waals surface area contributed by atoms with Gasteiger partial charge in [-0.1, -0.05) is 52.0 Å². The number of hydrogen-bond donors (Lipinski definition) is 1. The minimum absolute atomic E-state index is 0.142. The molecule has 3 nitrogen and oxygen atoms in total. The topological polar surface area (TPSA) is 50.2 Å². The highest BCUT2D eigenvalue weighted by molar-refractivity contribution is 7.15. The molecule has 4 heteroatoms. The average molecular weight is 289 g/mol. The molecule has 0 amide bonds. The van der Waals surface area contributed by atoms with Crippen molar-refractivity contribution in [1.82, 2.24) is 4.98 Å². The molecule has 0 aliphatic heterocycles. The fourth-order valence-corrected chi connectivity index (χ4v) is 2.99. The summed E-state index contributed by atoms with van der Waals surface area (Å²) in [5.41, 5.74) is 2.18. The smallest absolute Gasteiger partial charge is 0.356 e. The number of carboxylic acid groups (broad SMARTS) is 1. The first-order chi connectivity index (χ1) is 9.32. The van der Waals surface area contributed by atoms with Gasteiger partial charge in [0.05, 0.1) is 9.88 Å². The maximum atomic E-state index is 11.4. The number of aromatic nitrogens is 1. The van der Waals surface area contributed by atoms with Crippen molar-refractivity contribution in [3.8, 4) is 10.4 Å². The standard InChI is InChI=1S/C16H19NO2S/c1-5-10-6-8-11(9-7-10)13-12(14(18)19)17-15(20-13)16(2,3)4/h6-9H,5H2,1-4H3,(H,18,19). The maximum absolute atomic E-state index is 11.4. The van der Waals surface area contributed by atoms with E-state index >= 15 is 0 Å². The van der Waals surface area contributed by atoms with Crippen LogP contribution in [-0.4, -0.2) is 16.1 Å². The number of rotatable bonds is 3. The van der Waals surface area contributed by atoms with Crippen LogP contribution < -0.4 is 0 Å². The van der Waals surface area contributed by atoms with E-state index in [1.54, 1.807) is 0 Å². The Hall–Kier alpha value is -1.68. The third-order valence-electron chi connectivity index (χ3n) is 3.10. The van der Waals surface area contributed by atoms with Gasteiger partial charge in [0.25, 0.3) is 0 Å². The summed E-state index contributed by atoms with van der Waals surface area (Å²) >= 11 is 1.47. The molecule has 106 valence electrons. The van der Waals surface area contributed by atoms with Gasteiger partial charge in [0.1, 0.15) is 0 Å². The fourth-order valence-electron chi connectivity index (χ4n) is 1.87. The van der Waals surface area contributed by atoms with E-state index in [4.69, 9.17) is 0 Å². The Labute approximate surface area is 123 Å². The zero-order valence-corrected chi connectivity index (χ0v) is 13.0. The number of carboxylic acids is 1. The Morgan fingerprint density at radius 2 is 1.85 bits per heavy atom. The van der Waals surface area contributed by atoms with Gasteiger partial charge < -0.3 is 5.11 Å². The summed E-state index contributed by atoms with van der Waals surface area (Å²) in [5.74, 6) is -0.966. The number of benzene rings is 1. The van der Waals surface area contributed by atoms with Crippen molar-refractivity contribution in [2.24, 2.45) is 0 Å². The van der Waals surface area contributed by atoms with Gasteiger partial charge in [-0.3, -0.25) is 0 Å². The minimum Gasteiger partial charge on any atom is -0.476 e. The van der Waals surface area contributed by atoms with Crippen LogP contribution in [0.5, 0.6) is 0 Å². The molecule has 2 aromatic rings. The summed E-state index contributed by atoms with van der Waals surface area (Å²) in [4.78, 5) is 16.5. The average Bonchev–Trinajstić information content (AvgIpc) is 2.84. The van der Waals surface area contributed by atoms with Crippen LogP contribution in [0.1, 0.15) is 48.8 Å². The van der Waals surface area contributed by atoms with Crippen LogP contribution in [0.3, 0.4) is 0 Å². The lowest BCUT2D eigenvalue weighted by Crippen LogP contribution is -2.11. The van der Waals surface area contributed by atoms with E-state index in [0.29, 0.717) is 0 Å². The molecule has 20 heavy (non-hydrogen) atoms. The summed E-state index contributed by atoms with van der Waals surface area (Å²) in [6.45, 7) is 8.23. The molecular formula is C16H19NO2S. The lowest BCUT2D eigenvalue weighted by atomic mass is 9.98. The molecule has 0 spiro atoms. The molecule has 1 heterocycles. The van der Waals surface area contributed by atoms with Crippen molar-refractivity contribution in [1.29, 1.82) is 0 Å². The second-order valence-electron chi connectivity index (χ2n) is 5.80. The molecule has 0 fully saturated rings. The van der Waals surface area contributed by atoms with Crippen LogP contribution in [0, 0.1) is 0 Å². The second kappa shape index (κ2) is 5.37. The predicted octanol–water partition coefficient (Wildman–Crippen LogP) is 4.37. The summed E-state index contributed by atoms with van der Waals surface area (Å²) in [6, 6.07) is 8.03. The SMILES string of the molecule is CCc1ccc(-c2sc(C(C)(C)C)nc2C(=O)O)cc1. The normalized spacial score (nSPS) is 11.6. The molecule has 1 aromatic heterocycles. The molecule has 0 unspecified atom stereocenters. The van der Waals surface area contributed by atoms with E-state index in [0.717, 1.165) is 21.9 Å². The lowest BCUT2D eigenvalue weighted by Gasteiger charge is -2.13. The van der Waals surface area contributed by atoms with Crippen LogP contribution in [0.4, 0.5) is 0 Å². The Kier molecular flexibility index (Phi) is 3.95. The first-order valence-electron chi connectivity index (χ1n) is 6.67. The first kappa shape index (κ1) is 14.7. The van der Waals surface area contributed by atoms with Gasteiger partial charge in [0, 0.05) is 5.41 Å². The molecule has 0 saturated heterocycles. The van der Waals surface area contributed by atoms with Gasteiger partial charge in [-0.05, 0) is 17.5 Å². The van der Waals surface area contributed by atoms with E-state index < -0.39 is 5.97 Å². The molecule has 0 aliphatic rings. The van der Waals surface area contributed by atoms with E-state index in [-0.39, 0.29) is 11.1 Å². The van der Waals surface area contributed by atoms with Crippen molar-refractivity contribution in [3.05, 3.63) is 40.5 Å². The van der Waals surface area contributed by atoms with E-state index in [1.165, 1.54) is 16.9 Å². The quantitative estimate of drug-likeness (QED) is 0.913. The molecule has 0 radical (unpaired) electrons.